The maximum atomic E-state index is 6.40. The summed E-state index contributed by atoms with van der Waals surface area (Å²) in [4.78, 5) is 14.0. The standard InChI is InChI=1S/C57H69N3O6/c1-52(2)37-19-22-55(52,7)40(28-37)25-34-13-16-43(31-46(34)61-10)64-49-58-50(65-44-17-14-35(47(32-44)62-11)26-41-29-38-20-23-56(41,8)53(38,3)4)60-51(59-49)66-45-18-15-36(48(33-45)63-12)27-42-30-39-21-24-57(42,9)54(39,5)6/h13-18,31-33,37-39,46-48H,19-24,28-30H2,1-12H3. The third-order valence-corrected chi connectivity index (χ3v) is 19.7. The van der Waals surface area contributed by atoms with Crippen LogP contribution in [0, 0.1) is 50.2 Å². The monoisotopic (exact) mass is 892 g/mol. The zero-order chi connectivity index (χ0) is 46.6. The predicted molar refractivity (Wildman–Crippen MR) is 255 cm³/mol. The number of hydrogen-bond donors (Lipinski definition) is 0. The van der Waals surface area contributed by atoms with Crippen LogP contribution in [0.15, 0.2) is 123 Å². The summed E-state index contributed by atoms with van der Waals surface area (Å²) >= 11 is 0. The van der Waals surface area contributed by atoms with Crippen LogP contribution >= 0.6 is 0 Å². The first-order chi connectivity index (χ1) is 31.3. The van der Waals surface area contributed by atoms with Gasteiger partial charge in [-0.1, -0.05) is 62.3 Å². The molecule has 6 bridgehead atoms. The lowest BCUT2D eigenvalue weighted by atomic mass is 9.69. The SMILES string of the molecule is COC1C=C(Oc2nc(OC3=CC(OC)C(=C=C4CC5CCC4(C)C5(C)C)C=C3)nc(OC3=CC(OC)C(=C=C4CC5CCC4(C)C5(C)C)C=C3)n2)C=CC1=C=C1CC2CCC1(C)C2(C)C. The Balaban J connectivity index is 0.944. The molecule has 9 nitrogen and oxygen atoms in total. The third-order valence-electron chi connectivity index (χ3n) is 19.7. The number of hydrogen-bond acceptors (Lipinski definition) is 9. The van der Waals surface area contributed by atoms with Gasteiger partial charge in [-0.25, -0.2) is 0 Å². The Hall–Kier alpha value is -4.71. The molecule has 9 aliphatic rings. The number of fused-ring (bicyclic) bond motifs is 6. The summed E-state index contributed by atoms with van der Waals surface area (Å²) in [5.41, 5.74) is 19.7. The predicted octanol–water partition coefficient (Wildman–Crippen LogP) is 12.3. The molecule has 9 atom stereocenters. The molecule has 0 saturated heterocycles. The highest BCUT2D eigenvalue weighted by atomic mass is 16.5. The van der Waals surface area contributed by atoms with Gasteiger partial charge in [0, 0.05) is 54.3 Å². The molecular weight excluding hydrogens is 823 g/mol. The van der Waals surface area contributed by atoms with E-state index in [1.54, 1.807) is 21.3 Å². The molecule has 0 amide bonds. The van der Waals surface area contributed by atoms with E-state index in [-0.39, 0.29) is 68.8 Å². The second kappa shape index (κ2) is 15.9. The van der Waals surface area contributed by atoms with Crippen LogP contribution in [0.25, 0.3) is 0 Å². The zero-order valence-electron chi connectivity index (χ0n) is 41.3. The van der Waals surface area contributed by atoms with Gasteiger partial charge in [0.25, 0.3) is 0 Å². The molecule has 66 heavy (non-hydrogen) atoms. The molecule has 1 heterocycles. The highest BCUT2D eigenvalue weighted by molar-refractivity contribution is 5.44. The Bertz CT molecular complexity index is 2350. The van der Waals surface area contributed by atoms with Crippen LogP contribution in [-0.2, 0) is 14.2 Å². The van der Waals surface area contributed by atoms with Gasteiger partial charge in [0.05, 0.1) is 0 Å². The average Bonchev–Trinajstić information content (AvgIpc) is 3.93. The largest absolute Gasteiger partial charge is 0.424 e. The van der Waals surface area contributed by atoms with Gasteiger partial charge in [-0.15, -0.1) is 32.1 Å². The van der Waals surface area contributed by atoms with Crippen LogP contribution in [0.3, 0.4) is 0 Å². The molecule has 1 aromatic rings. The minimum atomic E-state index is -0.362. The van der Waals surface area contributed by atoms with Gasteiger partial charge in [0.1, 0.15) is 35.6 Å². The zero-order valence-corrected chi connectivity index (χ0v) is 41.3. The lowest BCUT2D eigenvalue weighted by Crippen LogP contribution is -2.28. The summed E-state index contributed by atoms with van der Waals surface area (Å²) in [5, 5.41) is 0. The van der Waals surface area contributed by atoms with E-state index in [0.717, 1.165) is 36.0 Å². The van der Waals surface area contributed by atoms with Crippen molar-refractivity contribution >= 4 is 0 Å². The molecule has 0 radical (unpaired) electrons. The molecule has 10 rings (SSSR count). The van der Waals surface area contributed by atoms with Crippen LogP contribution in [0.1, 0.15) is 120 Å². The van der Waals surface area contributed by atoms with E-state index in [4.69, 9.17) is 28.4 Å². The fourth-order valence-corrected chi connectivity index (χ4v) is 13.6. The third kappa shape index (κ3) is 7.03. The van der Waals surface area contributed by atoms with Crippen molar-refractivity contribution in [2.24, 2.45) is 50.2 Å². The van der Waals surface area contributed by atoms with Crippen molar-refractivity contribution in [3.05, 3.63) is 123 Å². The van der Waals surface area contributed by atoms with Gasteiger partial charge in [-0.05, 0) is 163 Å². The molecule has 9 heteroatoms. The summed E-state index contributed by atoms with van der Waals surface area (Å²) in [6.07, 6.45) is 27.2. The van der Waals surface area contributed by atoms with E-state index >= 15 is 0 Å². The normalized spacial score (nSPS) is 36.1. The smallest absolute Gasteiger partial charge is 0.331 e. The fourth-order valence-electron chi connectivity index (χ4n) is 13.6. The van der Waals surface area contributed by atoms with Crippen molar-refractivity contribution in [1.82, 2.24) is 15.0 Å². The molecule has 348 valence electrons. The second-order valence-electron chi connectivity index (χ2n) is 22.8. The minimum Gasteiger partial charge on any atom is -0.424 e. The van der Waals surface area contributed by atoms with Crippen molar-refractivity contribution in [2.75, 3.05) is 21.3 Å². The van der Waals surface area contributed by atoms with Gasteiger partial charge in [-0.3, -0.25) is 0 Å². The van der Waals surface area contributed by atoms with Crippen LogP contribution in [0.2, 0.25) is 0 Å². The first-order valence-electron chi connectivity index (χ1n) is 24.4. The molecular formula is C57H69N3O6. The molecule has 9 unspecified atom stereocenters. The van der Waals surface area contributed by atoms with E-state index < -0.39 is 0 Å². The van der Waals surface area contributed by atoms with Gasteiger partial charge in [0.2, 0.25) is 0 Å². The van der Waals surface area contributed by atoms with E-state index in [9.17, 15) is 0 Å². The molecule has 9 aliphatic carbocycles. The molecule has 0 N–H and O–H groups in total. The van der Waals surface area contributed by atoms with Gasteiger partial charge < -0.3 is 28.4 Å². The summed E-state index contributed by atoms with van der Waals surface area (Å²) in [6, 6.07) is 0.0311. The first-order valence-corrected chi connectivity index (χ1v) is 24.4. The highest BCUT2D eigenvalue weighted by Gasteiger charge is 2.61. The van der Waals surface area contributed by atoms with Gasteiger partial charge in [-0.2, -0.15) is 0 Å². The Morgan fingerprint density at radius 3 is 0.909 bits per heavy atom. The lowest BCUT2D eigenvalue weighted by Gasteiger charge is -2.35. The topological polar surface area (TPSA) is 94.1 Å². The van der Waals surface area contributed by atoms with E-state index in [1.165, 1.54) is 55.2 Å². The number of aromatic nitrogens is 3. The fraction of sp³-hybridized carbons (Fsp3) is 0.579. The summed E-state index contributed by atoms with van der Waals surface area (Å²) in [6.45, 7) is 21.7. The van der Waals surface area contributed by atoms with Crippen molar-refractivity contribution in [1.29, 1.82) is 0 Å². The van der Waals surface area contributed by atoms with E-state index in [1.807, 2.05) is 54.7 Å². The molecule has 0 aromatic carbocycles. The second-order valence-corrected chi connectivity index (χ2v) is 22.8. The van der Waals surface area contributed by atoms with Crippen molar-refractivity contribution in [3.8, 4) is 18.0 Å². The summed E-state index contributed by atoms with van der Waals surface area (Å²) < 4.78 is 37.2. The Labute approximate surface area is 392 Å². The quantitative estimate of drug-likeness (QED) is 0.225. The van der Waals surface area contributed by atoms with Crippen LogP contribution in [0.4, 0.5) is 0 Å². The van der Waals surface area contributed by atoms with Crippen molar-refractivity contribution in [3.63, 3.8) is 0 Å². The molecule has 1 aromatic heterocycles. The first kappa shape index (κ1) is 45.1. The Morgan fingerprint density at radius 1 is 0.424 bits per heavy atom. The maximum absolute atomic E-state index is 6.40. The number of methoxy groups -OCH3 is 3. The number of ether oxygens (including phenoxy) is 6. The van der Waals surface area contributed by atoms with Crippen molar-refractivity contribution < 1.29 is 28.4 Å². The van der Waals surface area contributed by atoms with Crippen LogP contribution < -0.4 is 14.2 Å². The Kier molecular flexibility index (Phi) is 10.9. The number of nitrogens with zero attached hydrogens (tertiary/aromatic N) is 3. The molecule has 6 saturated carbocycles. The van der Waals surface area contributed by atoms with Gasteiger partial charge >= 0.3 is 18.0 Å². The maximum Gasteiger partial charge on any atom is 0.331 e. The molecule has 0 spiro atoms. The molecule has 6 fully saturated rings. The lowest BCUT2D eigenvalue weighted by molar-refractivity contribution is 0.165. The number of allylic oxidation sites excluding steroid dienone is 3. The van der Waals surface area contributed by atoms with E-state index in [0.29, 0.717) is 35.0 Å². The number of rotatable bonds is 9. The molecule has 0 aliphatic heterocycles. The van der Waals surface area contributed by atoms with E-state index in [2.05, 4.69) is 94.5 Å². The Morgan fingerprint density at radius 2 is 0.697 bits per heavy atom. The average molecular weight is 892 g/mol. The highest BCUT2D eigenvalue weighted by Crippen LogP contribution is 2.70. The summed E-state index contributed by atoms with van der Waals surface area (Å²) in [5.74, 6) is 3.62. The van der Waals surface area contributed by atoms with Gasteiger partial charge in [0.15, 0.2) is 0 Å². The summed E-state index contributed by atoms with van der Waals surface area (Å²) in [7, 11) is 5.13. The van der Waals surface area contributed by atoms with Crippen LogP contribution in [0.5, 0.6) is 18.0 Å². The van der Waals surface area contributed by atoms with Crippen molar-refractivity contribution in [2.45, 2.75) is 138 Å². The minimum absolute atomic E-state index is 0.0104. The van der Waals surface area contributed by atoms with Crippen LogP contribution in [-0.4, -0.2) is 54.6 Å².